The molecule has 2 N–H and O–H groups in total. The van der Waals surface area contributed by atoms with Gasteiger partial charge in [0.05, 0.1) is 11.6 Å². The second-order valence-corrected chi connectivity index (χ2v) is 6.47. The van der Waals surface area contributed by atoms with Crippen LogP contribution in [0.25, 0.3) is 11.0 Å². The van der Waals surface area contributed by atoms with Gasteiger partial charge >= 0.3 is 0 Å². The van der Waals surface area contributed by atoms with Crippen LogP contribution < -0.4 is 10.6 Å². The maximum absolute atomic E-state index is 13.4. The Bertz CT molecular complexity index is 938. The number of rotatable bonds is 3. The molecule has 0 saturated carbocycles. The van der Waals surface area contributed by atoms with Crippen molar-refractivity contribution in [2.75, 3.05) is 23.7 Å². The molecule has 2 aromatic heterocycles. The van der Waals surface area contributed by atoms with Gasteiger partial charge in [-0.2, -0.15) is 15.1 Å². The van der Waals surface area contributed by atoms with E-state index in [0.29, 0.717) is 29.8 Å². The zero-order chi connectivity index (χ0) is 17.6. The minimum Gasteiger partial charge on any atom is -0.383 e. The third kappa shape index (κ3) is 2.88. The summed E-state index contributed by atoms with van der Waals surface area (Å²) in [6.45, 7) is 1.55. The van der Waals surface area contributed by atoms with Crippen molar-refractivity contribution < 1.29 is 8.78 Å². The Morgan fingerprint density at radius 2 is 2.08 bits per heavy atom. The van der Waals surface area contributed by atoms with Crippen LogP contribution in [0, 0.1) is 17.6 Å². The monoisotopic (exact) mass is 344 g/mol. The van der Waals surface area contributed by atoms with Crippen molar-refractivity contribution in [1.82, 2.24) is 19.7 Å². The van der Waals surface area contributed by atoms with Gasteiger partial charge in [0.15, 0.2) is 17.3 Å². The number of hydrogen-bond acceptors (Lipinski definition) is 5. The lowest BCUT2D eigenvalue weighted by molar-refractivity contribution is 0.503. The van der Waals surface area contributed by atoms with Crippen LogP contribution in [0.2, 0.25) is 0 Å². The van der Waals surface area contributed by atoms with Crippen molar-refractivity contribution in [1.29, 1.82) is 0 Å². The van der Waals surface area contributed by atoms with Crippen molar-refractivity contribution in [2.24, 2.45) is 13.0 Å². The molecule has 0 aliphatic carbocycles. The molecule has 1 aliphatic heterocycles. The zero-order valence-electron chi connectivity index (χ0n) is 13.8. The molecule has 1 atom stereocenters. The zero-order valence-corrected chi connectivity index (χ0v) is 13.8. The highest BCUT2D eigenvalue weighted by atomic mass is 19.2. The van der Waals surface area contributed by atoms with Crippen molar-refractivity contribution in [3.63, 3.8) is 0 Å². The maximum atomic E-state index is 13.4. The normalized spacial score (nSPS) is 17.6. The molecular formula is C17H18F2N6. The average Bonchev–Trinajstić information content (AvgIpc) is 3.19. The predicted molar refractivity (Wildman–Crippen MR) is 91.1 cm³/mol. The topological polar surface area (TPSA) is 72.9 Å². The van der Waals surface area contributed by atoms with Crippen LogP contribution in [0.4, 0.5) is 20.5 Å². The van der Waals surface area contributed by atoms with E-state index in [2.05, 4.69) is 20.0 Å². The van der Waals surface area contributed by atoms with E-state index in [9.17, 15) is 8.78 Å². The van der Waals surface area contributed by atoms with Crippen LogP contribution in [-0.2, 0) is 13.5 Å². The molecule has 4 rings (SSSR count). The summed E-state index contributed by atoms with van der Waals surface area (Å²) in [4.78, 5) is 11.0. The fourth-order valence-electron chi connectivity index (χ4n) is 3.35. The molecule has 0 bridgehead atoms. The van der Waals surface area contributed by atoms with Crippen molar-refractivity contribution in [3.8, 4) is 0 Å². The molecule has 1 fully saturated rings. The lowest BCUT2D eigenvalue weighted by Gasteiger charge is -2.17. The molecular weight excluding hydrogens is 326 g/mol. The van der Waals surface area contributed by atoms with Crippen LogP contribution in [0.1, 0.15) is 12.0 Å². The summed E-state index contributed by atoms with van der Waals surface area (Å²) in [6.07, 6.45) is 3.28. The van der Waals surface area contributed by atoms with Crippen LogP contribution >= 0.6 is 0 Å². The van der Waals surface area contributed by atoms with Crippen LogP contribution in [0.3, 0.4) is 0 Å². The van der Waals surface area contributed by atoms with E-state index in [0.717, 1.165) is 30.5 Å². The highest BCUT2D eigenvalue weighted by Gasteiger charge is 2.26. The maximum Gasteiger partial charge on any atom is 0.229 e. The number of fused-ring (bicyclic) bond motifs is 1. The molecule has 3 heterocycles. The van der Waals surface area contributed by atoms with Gasteiger partial charge in [0.25, 0.3) is 0 Å². The second kappa shape index (κ2) is 5.94. The van der Waals surface area contributed by atoms with Crippen molar-refractivity contribution >= 4 is 22.8 Å². The van der Waals surface area contributed by atoms with E-state index in [1.54, 1.807) is 16.9 Å². The van der Waals surface area contributed by atoms with Gasteiger partial charge in [-0.1, -0.05) is 6.07 Å². The molecule has 1 saturated heterocycles. The smallest absolute Gasteiger partial charge is 0.229 e. The Morgan fingerprint density at radius 3 is 2.88 bits per heavy atom. The Hall–Kier alpha value is -2.77. The molecule has 1 aromatic carbocycles. The van der Waals surface area contributed by atoms with Gasteiger partial charge in [-0.05, 0) is 36.5 Å². The molecule has 8 heteroatoms. The summed E-state index contributed by atoms with van der Waals surface area (Å²) in [5, 5.41) is 4.90. The van der Waals surface area contributed by atoms with Gasteiger partial charge < -0.3 is 10.6 Å². The van der Waals surface area contributed by atoms with E-state index in [-0.39, 0.29) is 0 Å². The largest absolute Gasteiger partial charge is 0.383 e. The van der Waals surface area contributed by atoms with Gasteiger partial charge in [-0.25, -0.2) is 8.78 Å². The number of aryl methyl sites for hydroxylation is 1. The van der Waals surface area contributed by atoms with Gasteiger partial charge in [0, 0.05) is 20.1 Å². The summed E-state index contributed by atoms with van der Waals surface area (Å²) in [5.74, 6) is -0.286. The molecule has 6 nitrogen and oxygen atoms in total. The Balaban J connectivity index is 1.52. The first-order valence-corrected chi connectivity index (χ1v) is 8.15. The Kier molecular flexibility index (Phi) is 3.74. The van der Waals surface area contributed by atoms with Gasteiger partial charge in [0.1, 0.15) is 5.82 Å². The lowest BCUT2D eigenvalue weighted by Crippen LogP contribution is -2.23. The highest BCUT2D eigenvalue weighted by molar-refractivity contribution is 5.86. The number of aromatic nitrogens is 4. The quantitative estimate of drug-likeness (QED) is 0.789. The summed E-state index contributed by atoms with van der Waals surface area (Å²) in [6, 6.07) is 4.09. The van der Waals surface area contributed by atoms with E-state index < -0.39 is 11.6 Å². The van der Waals surface area contributed by atoms with Crippen LogP contribution in [0.15, 0.2) is 24.4 Å². The highest BCUT2D eigenvalue weighted by Crippen LogP contribution is 2.27. The fraction of sp³-hybridized carbons (Fsp3) is 0.353. The Morgan fingerprint density at radius 1 is 1.24 bits per heavy atom. The van der Waals surface area contributed by atoms with E-state index >= 15 is 0 Å². The predicted octanol–water partition coefficient (Wildman–Crippen LogP) is 2.29. The first-order chi connectivity index (χ1) is 12.0. The summed E-state index contributed by atoms with van der Waals surface area (Å²) >= 11 is 0. The minimum absolute atomic E-state index is 0.330. The number of nitrogen functional groups attached to an aromatic ring is 1. The van der Waals surface area contributed by atoms with Gasteiger partial charge in [-0.15, -0.1) is 0 Å². The number of hydrogen-bond donors (Lipinski definition) is 1. The molecule has 130 valence electrons. The van der Waals surface area contributed by atoms with E-state index in [1.807, 2.05) is 7.05 Å². The fourth-order valence-corrected chi connectivity index (χ4v) is 3.35. The molecule has 0 amide bonds. The number of benzene rings is 1. The first-order valence-electron chi connectivity index (χ1n) is 8.15. The molecule has 0 spiro atoms. The van der Waals surface area contributed by atoms with Crippen molar-refractivity contribution in [2.45, 2.75) is 12.8 Å². The third-order valence-electron chi connectivity index (χ3n) is 4.69. The van der Waals surface area contributed by atoms with E-state index in [1.165, 1.54) is 12.1 Å². The standard InChI is InChI=1S/C17H18F2N6/c1-24-16-12(8-21-24)15(20)22-17(23-16)25-5-4-11(9-25)6-10-2-3-13(18)14(19)7-10/h2-3,7-8,11H,4-6,9H2,1H3,(H2,20,22,23)/t11-/m0/s1. The Labute approximate surface area is 143 Å². The van der Waals surface area contributed by atoms with Gasteiger partial charge in [0.2, 0.25) is 5.95 Å². The minimum atomic E-state index is -0.815. The first kappa shape index (κ1) is 15.7. The summed E-state index contributed by atoms with van der Waals surface area (Å²) < 4.78 is 28.1. The molecule has 1 aliphatic rings. The van der Waals surface area contributed by atoms with Crippen LogP contribution in [0.5, 0.6) is 0 Å². The molecule has 0 radical (unpaired) electrons. The third-order valence-corrected chi connectivity index (χ3v) is 4.69. The van der Waals surface area contributed by atoms with Crippen molar-refractivity contribution in [3.05, 3.63) is 41.6 Å². The number of anilines is 2. The molecule has 0 unspecified atom stereocenters. The molecule has 3 aromatic rings. The molecule has 25 heavy (non-hydrogen) atoms. The SMILES string of the molecule is Cn1ncc2c(N)nc(N3CC[C@@H](Cc4ccc(F)c(F)c4)C3)nc21. The summed E-state index contributed by atoms with van der Waals surface area (Å²) in [5.41, 5.74) is 7.52. The second-order valence-electron chi connectivity index (χ2n) is 6.47. The average molecular weight is 344 g/mol. The number of halogens is 2. The van der Waals surface area contributed by atoms with Gasteiger partial charge in [-0.3, -0.25) is 4.68 Å². The number of nitrogens with zero attached hydrogens (tertiary/aromatic N) is 5. The van der Waals surface area contributed by atoms with E-state index in [4.69, 9.17) is 5.73 Å². The summed E-state index contributed by atoms with van der Waals surface area (Å²) in [7, 11) is 1.81. The number of nitrogens with two attached hydrogens (primary N) is 1. The lowest BCUT2D eigenvalue weighted by atomic mass is 9.98. The van der Waals surface area contributed by atoms with Crippen LogP contribution in [-0.4, -0.2) is 32.8 Å².